The molecule has 0 spiro atoms. The number of carbonyl (C=O) groups is 1. The molecular formula is C13H10FNO4. The Hall–Kier alpha value is -2.63. The second kappa shape index (κ2) is 5.34. The summed E-state index contributed by atoms with van der Waals surface area (Å²) in [6, 6.07) is 6.24. The molecule has 5 nitrogen and oxygen atoms in total. The lowest BCUT2D eigenvalue weighted by atomic mass is 10.3. The minimum Gasteiger partial charge on any atom is -0.490 e. The van der Waals surface area contributed by atoms with Crippen molar-refractivity contribution in [2.24, 2.45) is 0 Å². The van der Waals surface area contributed by atoms with Crippen LogP contribution in [0.25, 0.3) is 0 Å². The van der Waals surface area contributed by atoms with Crippen LogP contribution in [-0.4, -0.2) is 13.0 Å². The zero-order valence-corrected chi connectivity index (χ0v) is 9.98. The highest BCUT2D eigenvalue weighted by atomic mass is 19.1. The Morgan fingerprint density at radius 2 is 2.00 bits per heavy atom. The van der Waals surface area contributed by atoms with Crippen molar-refractivity contribution in [2.75, 3.05) is 12.4 Å². The fraction of sp³-hybridized carbons (Fsp3) is 0.0769. The Labute approximate surface area is 107 Å². The van der Waals surface area contributed by atoms with E-state index in [0.29, 0.717) is 5.69 Å². The van der Waals surface area contributed by atoms with Crippen LogP contribution in [0, 0.1) is 5.82 Å². The van der Waals surface area contributed by atoms with Gasteiger partial charge in [-0.05, 0) is 24.3 Å². The first-order chi connectivity index (χ1) is 9.10. The number of benzene rings is 1. The molecule has 0 aliphatic rings. The molecular weight excluding hydrogens is 253 g/mol. The van der Waals surface area contributed by atoms with Crippen molar-refractivity contribution in [2.45, 2.75) is 0 Å². The first-order valence-electron chi connectivity index (χ1n) is 5.34. The number of ether oxygens (including phenoxy) is 1. The molecule has 0 radical (unpaired) electrons. The number of hydrogen-bond acceptors (Lipinski definition) is 4. The maximum Gasteiger partial charge on any atom is 0.291 e. The molecule has 0 saturated heterocycles. The van der Waals surface area contributed by atoms with Gasteiger partial charge in [0.25, 0.3) is 5.91 Å². The van der Waals surface area contributed by atoms with Crippen molar-refractivity contribution in [3.05, 3.63) is 58.4 Å². The molecule has 1 N–H and O–H groups in total. The summed E-state index contributed by atoms with van der Waals surface area (Å²) in [5.74, 6) is -1.16. The predicted octanol–water partition coefficient (Wildman–Crippen LogP) is 2.04. The Kier molecular flexibility index (Phi) is 3.61. The lowest BCUT2D eigenvalue weighted by Crippen LogP contribution is -2.15. The quantitative estimate of drug-likeness (QED) is 0.920. The van der Waals surface area contributed by atoms with Crippen LogP contribution in [0.4, 0.5) is 10.1 Å². The number of halogens is 1. The van der Waals surface area contributed by atoms with E-state index < -0.39 is 17.2 Å². The molecule has 0 bridgehead atoms. The van der Waals surface area contributed by atoms with Gasteiger partial charge in [0.15, 0.2) is 5.76 Å². The number of hydrogen-bond donors (Lipinski definition) is 1. The van der Waals surface area contributed by atoms with Gasteiger partial charge < -0.3 is 14.5 Å². The van der Waals surface area contributed by atoms with E-state index >= 15 is 0 Å². The topological polar surface area (TPSA) is 68.5 Å². The molecule has 1 aromatic carbocycles. The van der Waals surface area contributed by atoms with E-state index in [0.717, 1.165) is 12.3 Å². The standard InChI is InChI=1S/C13H10FNO4/c1-18-12-7-19-11(6-10(12)16)13(17)15-9-4-2-8(14)3-5-9/h2-7H,1H3,(H,15,17). The van der Waals surface area contributed by atoms with E-state index in [1.165, 1.54) is 31.4 Å². The number of amides is 1. The molecule has 2 aromatic rings. The zero-order valence-electron chi connectivity index (χ0n) is 9.98. The van der Waals surface area contributed by atoms with Crippen molar-refractivity contribution in [3.63, 3.8) is 0 Å². The average Bonchev–Trinajstić information content (AvgIpc) is 2.41. The number of carbonyl (C=O) groups excluding carboxylic acids is 1. The number of nitrogens with one attached hydrogen (secondary N) is 1. The van der Waals surface area contributed by atoms with Crippen LogP contribution >= 0.6 is 0 Å². The molecule has 0 aliphatic heterocycles. The van der Waals surface area contributed by atoms with Gasteiger partial charge in [-0.3, -0.25) is 9.59 Å². The summed E-state index contributed by atoms with van der Waals surface area (Å²) in [7, 11) is 1.32. The predicted molar refractivity (Wildman–Crippen MR) is 65.9 cm³/mol. The van der Waals surface area contributed by atoms with Gasteiger partial charge in [-0.25, -0.2) is 4.39 Å². The third kappa shape index (κ3) is 2.98. The van der Waals surface area contributed by atoms with Crippen molar-refractivity contribution < 1.29 is 18.3 Å². The Bertz CT molecular complexity index is 648. The highest BCUT2D eigenvalue weighted by molar-refractivity contribution is 6.02. The number of methoxy groups -OCH3 is 1. The first kappa shape index (κ1) is 12.8. The molecule has 2 rings (SSSR count). The third-order valence-corrected chi connectivity index (χ3v) is 2.34. The normalized spacial score (nSPS) is 10.0. The van der Waals surface area contributed by atoms with E-state index in [-0.39, 0.29) is 11.5 Å². The van der Waals surface area contributed by atoms with E-state index in [2.05, 4.69) is 5.32 Å². The Balaban J connectivity index is 2.18. The van der Waals surface area contributed by atoms with Crippen LogP contribution in [0.15, 0.2) is 45.8 Å². The zero-order chi connectivity index (χ0) is 13.8. The summed E-state index contributed by atoms with van der Waals surface area (Å²) >= 11 is 0. The molecule has 1 aromatic heterocycles. The summed E-state index contributed by atoms with van der Waals surface area (Å²) in [6.07, 6.45) is 1.06. The molecule has 19 heavy (non-hydrogen) atoms. The first-order valence-corrected chi connectivity index (χ1v) is 5.34. The monoisotopic (exact) mass is 263 g/mol. The van der Waals surface area contributed by atoms with E-state index in [1.54, 1.807) is 0 Å². The minimum absolute atomic E-state index is 0.0123. The lowest BCUT2D eigenvalue weighted by molar-refractivity contribution is 0.0993. The summed E-state index contributed by atoms with van der Waals surface area (Å²) in [5.41, 5.74) is -0.0668. The molecule has 0 aliphatic carbocycles. The van der Waals surface area contributed by atoms with Crippen LogP contribution in [0.1, 0.15) is 10.6 Å². The smallest absolute Gasteiger partial charge is 0.291 e. The molecule has 0 unspecified atom stereocenters. The van der Waals surface area contributed by atoms with Gasteiger partial charge in [-0.1, -0.05) is 0 Å². The molecule has 98 valence electrons. The molecule has 0 fully saturated rings. The second-order valence-electron chi connectivity index (χ2n) is 3.64. The maximum atomic E-state index is 12.7. The summed E-state index contributed by atoms with van der Waals surface area (Å²) in [5, 5.41) is 2.47. The molecule has 6 heteroatoms. The van der Waals surface area contributed by atoms with Crippen LogP contribution in [-0.2, 0) is 0 Å². The Morgan fingerprint density at radius 3 is 2.58 bits per heavy atom. The third-order valence-electron chi connectivity index (χ3n) is 2.34. The molecule has 1 heterocycles. The second-order valence-corrected chi connectivity index (χ2v) is 3.64. The van der Waals surface area contributed by atoms with Crippen LogP contribution in [0.5, 0.6) is 5.75 Å². The maximum absolute atomic E-state index is 12.7. The van der Waals surface area contributed by atoms with Crippen LogP contribution < -0.4 is 15.5 Å². The molecule has 0 atom stereocenters. The van der Waals surface area contributed by atoms with E-state index in [9.17, 15) is 14.0 Å². The van der Waals surface area contributed by atoms with E-state index in [4.69, 9.17) is 9.15 Å². The average molecular weight is 263 g/mol. The van der Waals surface area contributed by atoms with Gasteiger partial charge in [-0.15, -0.1) is 0 Å². The van der Waals surface area contributed by atoms with Gasteiger partial charge in [0.05, 0.1) is 7.11 Å². The number of anilines is 1. The van der Waals surface area contributed by atoms with Crippen LogP contribution in [0.3, 0.4) is 0 Å². The highest BCUT2D eigenvalue weighted by Gasteiger charge is 2.11. The van der Waals surface area contributed by atoms with Crippen molar-refractivity contribution in [1.82, 2.24) is 0 Å². The largest absolute Gasteiger partial charge is 0.490 e. The fourth-order valence-electron chi connectivity index (χ4n) is 1.39. The number of rotatable bonds is 3. The van der Waals surface area contributed by atoms with Gasteiger partial charge in [0, 0.05) is 11.8 Å². The highest BCUT2D eigenvalue weighted by Crippen LogP contribution is 2.11. The van der Waals surface area contributed by atoms with Gasteiger partial charge in [0.1, 0.15) is 12.1 Å². The molecule has 0 saturated carbocycles. The minimum atomic E-state index is -0.605. The van der Waals surface area contributed by atoms with Crippen molar-refractivity contribution >= 4 is 11.6 Å². The summed E-state index contributed by atoms with van der Waals surface area (Å²) in [6.45, 7) is 0. The molecule has 1 amide bonds. The fourth-order valence-corrected chi connectivity index (χ4v) is 1.39. The summed E-state index contributed by atoms with van der Waals surface area (Å²) in [4.78, 5) is 23.2. The lowest BCUT2D eigenvalue weighted by Gasteiger charge is -2.04. The van der Waals surface area contributed by atoms with Crippen molar-refractivity contribution in [3.8, 4) is 5.75 Å². The SMILES string of the molecule is COc1coc(C(=O)Nc2ccc(F)cc2)cc1=O. The van der Waals surface area contributed by atoms with Gasteiger partial charge in [0.2, 0.25) is 11.2 Å². The van der Waals surface area contributed by atoms with Gasteiger partial charge in [-0.2, -0.15) is 0 Å². The van der Waals surface area contributed by atoms with Gasteiger partial charge >= 0.3 is 0 Å². The van der Waals surface area contributed by atoms with Crippen LogP contribution in [0.2, 0.25) is 0 Å². The van der Waals surface area contributed by atoms with Crippen molar-refractivity contribution in [1.29, 1.82) is 0 Å². The Morgan fingerprint density at radius 1 is 1.32 bits per heavy atom. The summed E-state index contributed by atoms with van der Waals surface area (Å²) < 4.78 is 22.4. The van der Waals surface area contributed by atoms with E-state index in [1.807, 2.05) is 0 Å².